The zero-order valence-electron chi connectivity index (χ0n) is 19.5. The molecule has 4 aromatic rings. The average molecular weight is 526 g/mol. The van der Waals surface area contributed by atoms with Crippen molar-refractivity contribution in [3.05, 3.63) is 76.5 Å². The summed E-state index contributed by atoms with van der Waals surface area (Å²) in [6.45, 7) is 0. The molecular formula is C25H24FN5O3S2. The van der Waals surface area contributed by atoms with Crippen molar-refractivity contribution in [3.8, 4) is 5.69 Å². The number of nitrogens with zero attached hydrogens (tertiary/aromatic N) is 5. The Bertz CT molecular complexity index is 1540. The fourth-order valence-electron chi connectivity index (χ4n) is 5.86. The minimum absolute atomic E-state index is 0.0821. The van der Waals surface area contributed by atoms with Gasteiger partial charge in [-0.1, -0.05) is 5.21 Å². The summed E-state index contributed by atoms with van der Waals surface area (Å²) in [6.07, 6.45) is 7.05. The normalized spacial score (nSPS) is 23.7. The molecule has 3 aromatic heterocycles. The number of ketones is 1. The first kappa shape index (κ1) is 23.2. The van der Waals surface area contributed by atoms with Gasteiger partial charge in [-0.25, -0.2) is 22.5 Å². The Hall–Kier alpha value is -3.18. The van der Waals surface area contributed by atoms with Crippen LogP contribution in [0.1, 0.15) is 40.5 Å². The van der Waals surface area contributed by atoms with Crippen molar-refractivity contribution in [2.45, 2.75) is 42.2 Å². The van der Waals surface area contributed by atoms with E-state index >= 15 is 0 Å². The number of hydrogen-bond acceptors (Lipinski definition) is 7. The first-order chi connectivity index (χ1) is 17.3. The average Bonchev–Trinajstić information content (AvgIpc) is 3.63. The molecule has 36 heavy (non-hydrogen) atoms. The van der Waals surface area contributed by atoms with Crippen molar-refractivity contribution in [2.24, 2.45) is 18.4 Å². The molecule has 1 aromatic carbocycles. The lowest BCUT2D eigenvalue weighted by molar-refractivity contribution is 0.0488. The Morgan fingerprint density at radius 1 is 1.19 bits per heavy atom. The predicted molar refractivity (Wildman–Crippen MR) is 131 cm³/mol. The fraction of sp³-hybridized carbons (Fsp3) is 0.360. The molecule has 3 heterocycles. The highest BCUT2D eigenvalue weighted by Crippen LogP contribution is 2.52. The van der Waals surface area contributed by atoms with Crippen LogP contribution in [0.25, 0.3) is 5.69 Å². The number of aryl methyl sites for hydroxylation is 1. The van der Waals surface area contributed by atoms with Crippen LogP contribution in [0.5, 0.6) is 0 Å². The molecule has 0 aliphatic heterocycles. The van der Waals surface area contributed by atoms with Gasteiger partial charge in [0, 0.05) is 42.9 Å². The van der Waals surface area contributed by atoms with E-state index in [0.29, 0.717) is 42.1 Å². The van der Waals surface area contributed by atoms with Gasteiger partial charge in [-0.2, -0.15) is 0 Å². The largest absolute Gasteiger partial charge is 0.356 e. The maximum Gasteiger partial charge on any atom is 0.198 e. The summed E-state index contributed by atoms with van der Waals surface area (Å²) >= 11 is 1.28. The van der Waals surface area contributed by atoms with Gasteiger partial charge in [0.2, 0.25) is 0 Å². The van der Waals surface area contributed by atoms with Crippen molar-refractivity contribution in [2.75, 3.05) is 0 Å². The first-order valence-electron chi connectivity index (χ1n) is 11.8. The van der Waals surface area contributed by atoms with Gasteiger partial charge in [0.1, 0.15) is 5.82 Å². The molecule has 8 nitrogen and oxygen atoms in total. The van der Waals surface area contributed by atoms with Crippen LogP contribution >= 0.6 is 11.3 Å². The molecule has 0 saturated heterocycles. The zero-order valence-corrected chi connectivity index (χ0v) is 21.2. The van der Waals surface area contributed by atoms with E-state index in [-0.39, 0.29) is 28.8 Å². The number of thiazole rings is 1. The van der Waals surface area contributed by atoms with Crippen LogP contribution in [0.3, 0.4) is 0 Å². The van der Waals surface area contributed by atoms with Gasteiger partial charge in [-0.05, 0) is 61.9 Å². The lowest BCUT2D eigenvalue weighted by Crippen LogP contribution is -2.51. The molecule has 0 N–H and O–H groups in total. The molecule has 2 aliphatic rings. The summed E-state index contributed by atoms with van der Waals surface area (Å²) in [7, 11) is -1.83. The second kappa shape index (κ2) is 8.45. The number of carbonyl (C=O) groups excluding carboxylic acids is 1. The number of aromatic nitrogens is 5. The highest BCUT2D eigenvalue weighted by atomic mass is 32.2. The number of hydrogen-bond donors (Lipinski definition) is 0. The lowest BCUT2D eigenvalue weighted by Gasteiger charge is -2.47. The van der Waals surface area contributed by atoms with Gasteiger partial charge in [0.05, 0.1) is 27.2 Å². The van der Waals surface area contributed by atoms with Gasteiger partial charge in [0.25, 0.3) is 0 Å². The van der Waals surface area contributed by atoms with E-state index in [1.54, 1.807) is 58.5 Å². The smallest absolute Gasteiger partial charge is 0.198 e. The van der Waals surface area contributed by atoms with E-state index in [1.165, 1.54) is 23.5 Å². The molecule has 0 bridgehead atoms. The molecule has 2 aliphatic carbocycles. The lowest BCUT2D eigenvalue weighted by atomic mass is 9.57. The van der Waals surface area contributed by atoms with Crippen molar-refractivity contribution in [1.82, 2.24) is 24.5 Å². The van der Waals surface area contributed by atoms with Crippen LogP contribution in [-0.4, -0.2) is 44.0 Å². The fourth-order valence-corrected chi connectivity index (χ4v) is 8.45. The summed E-state index contributed by atoms with van der Waals surface area (Å²) in [6, 6.07) is 7.67. The zero-order chi connectivity index (χ0) is 25.1. The van der Waals surface area contributed by atoms with Gasteiger partial charge in [-0.15, -0.1) is 16.4 Å². The number of halogens is 1. The van der Waals surface area contributed by atoms with Crippen molar-refractivity contribution >= 4 is 27.0 Å². The number of carbonyl (C=O) groups is 1. The maximum absolute atomic E-state index is 14.0. The Morgan fingerprint density at radius 2 is 2.00 bits per heavy atom. The van der Waals surface area contributed by atoms with Crippen LogP contribution in [0.4, 0.5) is 4.39 Å². The third kappa shape index (κ3) is 3.64. The Morgan fingerprint density at radius 3 is 2.69 bits per heavy atom. The van der Waals surface area contributed by atoms with E-state index < -0.39 is 20.5 Å². The maximum atomic E-state index is 14.0. The molecule has 186 valence electrons. The van der Waals surface area contributed by atoms with Crippen LogP contribution in [0.2, 0.25) is 0 Å². The third-order valence-corrected chi connectivity index (χ3v) is 10.6. The van der Waals surface area contributed by atoms with Gasteiger partial charge >= 0.3 is 0 Å². The minimum Gasteiger partial charge on any atom is -0.356 e. The molecule has 3 atom stereocenters. The number of rotatable bonds is 5. The quantitative estimate of drug-likeness (QED) is 0.368. The van der Waals surface area contributed by atoms with Crippen LogP contribution in [0, 0.1) is 17.2 Å². The molecule has 1 unspecified atom stereocenters. The monoisotopic (exact) mass is 525 g/mol. The molecule has 1 fully saturated rings. The number of Topliss-reactive ketones (excluding diaryl/α,β-unsaturated/α-hetero) is 1. The number of sulfone groups is 1. The van der Waals surface area contributed by atoms with Gasteiger partial charge in [0.15, 0.2) is 20.6 Å². The summed E-state index contributed by atoms with van der Waals surface area (Å²) in [4.78, 5) is 18.6. The summed E-state index contributed by atoms with van der Waals surface area (Å²) < 4.78 is 44.1. The third-order valence-electron chi connectivity index (χ3n) is 7.70. The summed E-state index contributed by atoms with van der Waals surface area (Å²) in [5, 5.41) is 10.2. The Balaban J connectivity index is 1.42. The topological polar surface area (TPSA) is 99.7 Å². The SMILES string of the molecule is Cn1ccc(S(=O)(=O)[C@H]2CCC3Cc4c(nnn4-c4ccc(F)cc4)C[C@]3(C(=O)c3nccs3)C2)c1. The molecule has 0 spiro atoms. The Kier molecular flexibility index (Phi) is 5.45. The molecule has 11 heteroatoms. The molecule has 0 amide bonds. The van der Waals surface area contributed by atoms with E-state index in [1.807, 2.05) is 0 Å². The number of fused-ring (bicyclic) bond motifs is 2. The van der Waals surface area contributed by atoms with E-state index in [0.717, 1.165) is 5.69 Å². The number of benzene rings is 1. The van der Waals surface area contributed by atoms with Gasteiger partial charge in [-0.3, -0.25) is 4.79 Å². The first-order valence-corrected chi connectivity index (χ1v) is 14.2. The van der Waals surface area contributed by atoms with E-state index in [9.17, 15) is 17.6 Å². The standard InChI is InChI=1S/C25H24FN5O3S2/c1-30-10-8-20(15-30)36(33,34)19-7-2-16-12-22-21(28-29-31(22)18-5-3-17(26)4-6-18)14-25(16,13-19)23(32)24-27-9-11-35-24/h3-6,8-11,15-16,19H,2,7,12-14H2,1H3/t16?,19-,25+/m0/s1. The highest BCUT2D eigenvalue weighted by molar-refractivity contribution is 7.92. The van der Waals surface area contributed by atoms with E-state index in [2.05, 4.69) is 15.3 Å². The van der Waals surface area contributed by atoms with E-state index in [4.69, 9.17) is 0 Å². The second-order valence-electron chi connectivity index (χ2n) is 9.73. The Labute approximate surface area is 211 Å². The van der Waals surface area contributed by atoms with Crippen LogP contribution in [-0.2, 0) is 29.7 Å². The molecule has 0 radical (unpaired) electrons. The van der Waals surface area contributed by atoms with Gasteiger partial charge < -0.3 is 4.57 Å². The predicted octanol–water partition coefficient (Wildman–Crippen LogP) is 3.81. The second-order valence-corrected chi connectivity index (χ2v) is 12.9. The molecule has 1 saturated carbocycles. The minimum atomic E-state index is -3.62. The summed E-state index contributed by atoms with van der Waals surface area (Å²) in [5.74, 6) is -0.530. The van der Waals surface area contributed by atoms with Crippen molar-refractivity contribution < 1.29 is 17.6 Å². The molecular weight excluding hydrogens is 501 g/mol. The molecule has 6 rings (SSSR count). The summed E-state index contributed by atoms with van der Waals surface area (Å²) in [5.41, 5.74) is 1.33. The van der Waals surface area contributed by atoms with Crippen LogP contribution < -0.4 is 0 Å². The van der Waals surface area contributed by atoms with Crippen LogP contribution in [0.15, 0.2) is 59.2 Å². The van der Waals surface area contributed by atoms with Crippen molar-refractivity contribution in [1.29, 1.82) is 0 Å². The highest BCUT2D eigenvalue weighted by Gasteiger charge is 2.56. The van der Waals surface area contributed by atoms with Crippen molar-refractivity contribution in [3.63, 3.8) is 0 Å².